The summed E-state index contributed by atoms with van der Waals surface area (Å²) in [5, 5.41) is 3.16. The first-order valence-corrected chi connectivity index (χ1v) is 11.0. The SMILES string of the molecule is C=CC(=O)NCCCCOc1cc(S(=O)(=O)O)cc2cc(S(=O)(=O)O)ccc12.[H-].[Na+]. The zero-order valence-corrected chi connectivity index (χ0v) is 19.3. The van der Waals surface area contributed by atoms with Gasteiger partial charge in [-0.3, -0.25) is 13.9 Å². The Bertz CT molecular complexity index is 1110. The fraction of sp³-hybridized carbons (Fsp3) is 0.235. The van der Waals surface area contributed by atoms with Crippen LogP contribution in [0.3, 0.4) is 0 Å². The van der Waals surface area contributed by atoms with Gasteiger partial charge in [-0.25, -0.2) is 0 Å². The van der Waals surface area contributed by atoms with Gasteiger partial charge in [-0.1, -0.05) is 6.58 Å². The Kier molecular flexibility index (Phi) is 9.28. The predicted octanol–water partition coefficient (Wildman–Crippen LogP) is -1.09. The first-order valence-electron chi connectivity index (χ1n) is 8.08. The molecule has 0 atom stereocenters. The number of amides is 1. The molecule has 3 N–H and O–H groups in total. The molecule has 0 fully saturated rings. The molecule has 2 aromatic carbocycles. The molecular weight excluding hydrogens is 433 g/mol. The van der Waals surface area contributed by atoms with Gasteiger partial charge in [0.1, 0.15) is 5.75 Å². The van der Waals surface area contributed by atoms with Crippen LogP contribution in [0, 0.1) is 0 Å². The maximum Gasteiger partial charge on any atom is 1.00 e. The molecule has 0 aromatic heterocycles. The summed E-state index contributed by atoms with van der Waals surface area (Å²) in [4.78, 5) is 10.1. The Balaban J connectivity index is 0.00000420. The smallest absolute Gasteiger partial charge is 1.00 e. The van der Waals surface area contributed by atoms with Crippen LogP contribution in [0.15, 0.2) is 52.8 Å². The van der Waals surface area contributed by atoms with E-state index in [0.717, 1.165) is 30.3 Å². The standard InChI is InChI=1S/C17H19NO8S2.Na.H/c1-2-17(19)18-7-3-4-8-26-16-11-14(28(23,24)25)10-12-9-13(27(20,21)22)5-6-15(12)16;;/h2,5-6,9-11H,1,3-4,7-8H2,(H,18,19)(H,20,21,22)(H,23,24,25);;/q;+1;-1. The Morgan fingerprint density at radius 3 is 2.28 bits per heavy atom. The molecule has 9 nitrogen and oxygen atoms in total. The van der Waals surface area contributed by atoms with Crippen LogP contribution in [0.4, 0.5) is 0 Å². The number of rotatable bonds is 9. The molecule has 0 radical (unpaired) electrons. The fourth-order valence-corrected chi connectivity index (χ4v) is 3.46. The fourth-order valence-electron chi connectivity index (χ4n) is 2.41. The van der Waals surface area contributed by atoms with Crippen molar-refractivity contribution in [3.8, 4) is 5.75 Å². The van der Waals surface area contributed by atoms with Gasteiger partial charge in [0.05, 0.1) is 16.4 Å². The van der Waals surface area contributed by atoms with E-state index in [9.17, 15) is 26.2 Å². The van der Waals surface area contributed by atoms with Gasteiger partial charge >= 0.3 is 29.6 Å². The molecule has 0 saturated heterocycles. The van der Waals surface area contributed by atoms with Crippen molar-refractivity contribution in [2.45, 2.75) is 22.6 Å². The van der Waals surface area contributed by atoms with Crippen LogP contribution in [0.1, 0.15) is 14.3 Å². The number of hydrogen-bond acceptors (Lipinski definition) is 6. The Hall–Kier alpha value is -1.47. The number of nitrogens with one attached hydrogen (secondary N) is 1. The van der Waals surface area contributed by atoms with Gasteiger partial charge in [0.25, 0.3) is 20.2 Å². The topological polar surface area (TPSA) is 147 Å². The summed E-state index contributed by atoms with van der Waals surface area (Å²) in [6.45, 7) is 3.94. The third-order valence-corrected chi connectivity index (χ3v) is 5.45. The number of fused-ring (bicyclic) bond motifs is 1. The second-order valence-corrected chi connectivity index (χ2v) is 8.65. The van der Waals surface area contributed by atoms with E-state index in [4.69, 9.17) is 9.29 Å². The summed E-state index contributed by atoms with van der Waals surface area (Å²) in [5.74, 6) is -0.162. The first-order chi connectivity index (χ1) is 13.0. The quantitative estimate of drug-likeness (QED) is 0.188. The van der Waals surface area contributed by atoms with Crippen molar-refractivity contribution < 1.29 is 66.5 Å². The molecule has 29 heavy (non-hydrogen) atoms. The van der Waals surface area contributed by atoms with Crippen LogP contribution in [0.2, 0.25) is 0 Å². The van der Waals surface area contributed by atoms with Crippen LogP contribution in [-0.2, 0) is 25.0 Å². The number of ether oxygens (including phenoxy) is 1. The first kappa shape index (κ1) is 25.6. The molecule has 2 aromatic rings. The molecule has 0 heterocycles. The van der Waals surface area contributed by atoms with Gasteiger partial charge in [-0.05, 0) is 48.6 Å². The summed E-state index contributed by atoms with van der Waals surface area (Å²) in [6.07, 6.45) is 2.30. The minimum Gasteiger partial charge on any atom is -1.00 e. The normalized spacial score (nSPS) is 11.5. The van der Waals surface area contributed by atoms with E-state index in [1.165, 1.54) is 6.07 Å². The van der Waals surface area contributed by atoms with Gasteiger partial charge < -0.3 is 11.5 Å². The van der Waals surface area contributed by atoms with Crippen molar-refractivity contribution in [3.05, 3.63) is 43.0 Å². The number of benzene rings is 2. The minimum atomic E-state index is -4.57. The molecule has 0 aliphatic carbocycles. The molecule has 0 saturated carbocycles. The minimum absolute atomic E-state index is 0. The van der Waals surface area contributed by atoms with E-state index in [0.29, 0.717) is 24.8 Å². The molecule has 154 valence electrons. The zero-order chi connectivity index (χ0) is 20.9. The Morgan fingerprint density at radius 1 is 1.07 bits per heavy atom. The molecule has 12 heteroatoms. The van der Waals surface area contributed by atoms with Gasteiger partial charge in [0, 0.05) is 18.0 Å². The van der Waals surface area contributed by atoms with Crippen molar-refractivity contribution in [1.82, 2.24) is 5.32 Å². The number of carbonyl (C=O) groups excluding carboxylic acids is 1. The third-order valence-electron chi connectivity index (χ3n) is 3.77. The maximum absolute atomic E-state index is 11.5. The van der Waals surface area contributed by atoms with Gasteiger partial charge in [-0.2, -0.15) is 16.8 Å². The average molecular weight is 453 g/mol. The van der Waals surface area contributed by atoms with Crippen LogP contribution in [0.25, 0.3) is 10.8 Å². The zero-order valence-electron chi connectivity index (χ0n) is 16.7. The van der Waals surface area contributed by atoms with E-state index < -0.39 is 30.0 Å². The largest absolute Gasteiger partial charge is 1.00 e. The summed E-state index contributed by atoms with van der Waals surface area (Å²) in [6, 6.07) is 5.81. The Morgan fingerprint density at radius 2 is 1.69 bits per heavy atom. The van der Waals surface area contributed by atoms with E-state index in [1.807, 2.05) is 0 Å². The Labute approximate surface area is 192 Å². The summed E-state index contributed by atoms with van der Waals surface area (Å²) in [5.41, 5.74) is 0. The van der Waals surface area contributed by atoms with Crippen molar-refractivity contribution in [1.29, 1.82) is 0 Å². The van der Waals surface area contributed by atoms with E-state index >= 15 is 0 Å². The van der Waals surface area contributed by atoms with Crippen LogP contribution < -0.4 is 39.6 Å². The third kappa shape index (κ3) is 7.37. The van der Waals surface area contributed by atoms with Crippen LogP contribution >= 0.6 is 0 Å². The molecule has 0 unspecified atom stereocenters. The summed E-state index contributed by atoms with van der Waals surface area (Å²) in [7, 11) is -9.05. The number of hydrogen-bond donors (Lipinski definition) is 3. The monoisotopic (exact) mass is 453 g/mol. The average Bonchev–Trinajstić information content (AvgIpc) is 2.61. The van der Waals surface area contributed by atoms with Gasteiger partial charge in [0.2, 0.25) is 5.91 Å². The molecule has 0 aliphatic heterocycles. The summed E-state index contributed by atoms with van der Waals surface area (Å²) >= 11 is 0. The molecule has 0 aliphatic rings. The molecule has 0 bridgehead atoms. The van der Waals surface area contributed by atoms with Crippen LogP contribution in [0.5, 0.6) is 5.75 Å². The second-order valence-electron chi connectivity index (χ2n) is 5.81. The molecule has 2 rings (SSSR count). The van der Waals surface area contributed by atoms with Crippen molar-refractivity contribution in [3.63, 3.8) is 0 Å². The van der Waals surface area contributed by atoms with Crippen molar-refractivity contribution >= 4 is 36.9 Å². The van der Waals surface area contributed by atoms with Crippen molar-refractivity contribution in [2.75, 3.05) is 13.2 Å². The molecule has 0 spiro atoms. The van der Waals surface area contributed by atoms with E-state index in [1.54, 1.807) is 0 Å². The van der Waals surface area contributed by atoms with Gasteiger partial charge in [-0.15, -0.1) is 0 Å². The second kappa shape index (κ2) is 10.5. The van der Waals surface area contributed by atoms with Gasteiger partial charge in [0.15, 0.2) is 0 Å². The molecular formula is C17H20NNaO8S2. The van der Waals surface area contributed by atoms with E-state index in [-0.39, 0.29) is 54.6 Å². The van der Waals surface area contributed by atoms with E-state index in [2.05, 4.69) is 11.9 Å². The summed E-state index contributed by atoms with van der Waals surface area (Å²) < 4.78 is 69.7. The van der Waals surface area contributed by atoms with Crippen molar-refractivity contribution in [2.24, 2.45) is 0 Å². The number of unbranched alkanes of at least 4 members (excludes halogenated alkanes) is 1. The molecule has 1 amide bonds. The van der Waals surface area contributed by atoms with Crippen LogP contribution in [-0.4, -0.2) is 45.0 Å². The maximum atomic E-state index is 11.5. The number of carbonyl (C=O) groups is 1. The predicted molar refractivity (Wildman–Crippen MR) is 103 cm³/mol.